The van der Waals surface area contributed by atoms with Gasteiger partial charge in [0.05, 0.1) is 0 Å². The Bertz CT molecular complexity index is 415. The number of amides is 2. The van der Waals surface area contributed by atoms with Gasteiger partial charge in [-0.25, -0.2) is 4.79 Å². The maximum atomic E-state index is 11.1. The Labute approximate surface area is 122 Å². The van der Waals surface area contributed by atoms with Crippen LogP contribution >= 0.6 is 0 Å². The fraction of sp³-hybridized carbons (Fsp3) is 0.588. The summed E-state index contributed by atoms with van der Waals surface area (Å²) < 4.78 is 0. The van der Waals surface area contributed by atoms with Crippen LogP contribution in [0, 0.1) is 0 Å². The van der Waals surface area contributed by atoms with Crippen molar-refractivity contribution in [1.82, 2.24) is 0 Å². The van der Waals surface area contributed by atoms with Crippen molar-refractivity contribution in [1.29, 1.82) is 0 Å². The molecule has 1 rings (SSSR count). The number of unbranched alkanes of at least 4 members (excludes halogenated alkanes) is 4. The fourth-order valence-corrected chi connectivity index (χ4v) is 2.53. The number of urea groups is 1. The Morgan fingerprint density at radius 3 is 2.30 bits per heavy atom. The van der Waals surface area contributed by atoms with Crippen LogP contribution in [-0.2, 0) is 12.8 Å². The summed E-state index contributed by atoms with van der Waals surface area (Å²) in [6.45, 7) is 4.42. The Kier molecular flexibility index (Phi) is 7.78. The van der Waals surface area contributed by atoms with Crippen molar-refractivity contribution in [3.05, 3.63) is 29.3 Å². The number of aryl methyl sites for hydroxylation is 1. The molecule has 0 heterocycles. The summed E-state index contributed by atoms with van der Waals surface area (Å²) >= 11 is 0. The zero-order valence-corrected chi connectivity index (χ0v) is 12.9. The van der Waals surface area contributed by atoms with E-state index in [1.54, 1.807) is 0 Å². The molecule has 1 aromatic rings. The van der Waals surface area contributed by atoms with Crippen LogP contribution in [0.2, 0.25) is 0 Å². The second kappa shape index (κ2) is 9.40. The van der Waals surface area contributed by atoms with E-state index in [1.807, 2.05) is 12.1 Å². The maximum Gasteiger partial charge on any atom is 0.316 e. The lowest BCUT2D eigenvalue weighted by atomic mass is 9.95. The number of rotatable bonds is 9. The molecule has 0 aliphatic rings. The number of anilines is 1. The molecule has 0 saturated heterocycles. The van der Waals surface area contributed by atoms with E-state index in [9.17, 15) is 4.79 Å². The van der Waals surface area contributed by atoms with E-state index in [0.717, 1.165) is 24.9 Å². The summed E-state index contributed by atoms with van der Waals surface area (Å²) in [5.41, 5.74) is 8.80. The zero-order valence-electron chi connectivity index (χ0n) is 12.9. The Morgan fingerprint density at radius 2 is 1.70 bits per heavy atom. The molecule has 3 heteroatoms. The highest BCUT2D eigenvalue weighted by Crippen LogP contribution is 2.24. The third-order valence-electron chi connectivity index (χ3n) is 3.61. The molecule has 0 radical (unpaired) electrons. The number of primary amides is 1. The second-order valence-corrected chi connectivity index (χ2v) is 5.35. The second-order valence-electron chi connectivity index (χ2n) is 5.35. The highest BCUT2D eigenvalue weighted by molar-refractivity contribution is 5.88. The molecule has 0 aromatic heterocycles. The van der Waals surface area contributed by atoms with Crippen LogP contribution in [0.15, 0.2) is 18.2 Å². The third kappa shape index (κ3) is 5.64. The minimum atomic E-state index is -0.479. The normalized spacial score (nSPS) is 10.5. The number of carbonyl (C=O) groups excluding carboxylic acids is 1. The molecule has 20 heavy (non-hydrogen) atoms. The topological polar surface area (TPSA) is 55.1 Å². The van der Waals surface area contributed by atoms with Gasteiger partial charge in [0, 0.05) is 5.69 Å². The van der Waals surface area contributed by atoms with Gasteiger partial charge < -0.3 is 11.1 Å². The molecular weight excluding hydrogens is 248 g/mol. The smallest absolute Gasteiger partial charge is 0.316 e. The van der Waals surface area contributed by atoms with Crippen molar-refractivity contribution in [2.75, 3.05) is 5.32 Å². The van der Waals surface area contributed by atoms with Crippen LogP contribution in [0.1, 0.15) is 63.5 Å². The molecule has 0 fully saturated rings. The van der Waals surface area contributed by atoms with Gasteiger partial charge in [0.2, 0.25) is 0 Å². The summed E-state index contributed by atoms with van der Waals surface area (Å²) in [6.07, 6.45) is 9.38. The van der Waals surface area contributed by atoms with Crippen molar-refractivity contribution in [2.24, 2.45) is 5.73 Å². The number of hydrogen-bond donors (Lipinski definition) is 2. The van der Waals surface area contributed by atoms with E-state index in [-0.39, 0.29) is 0 Å². The summed E-state index contributed by atoms with van der Waals surface area (Å²) in [6, 6.07) is 5.67. The van der Waals surface area contributed by atoms with E-state index in [0.29, 0.717) is 0 Å². The molecule has 0 aliphatic heterocycles. The fourth-order valence-electron chi connectivity index (χ4n) is 2.53. The van der Waals surface area contributed by atoms with E-state index in [2.05, 4.69) is 25.2 Å². The predicted molar refractivity (Wildman–Crippen MR) is 86.1 cm³/mol. The lowest BCUT2D eigenvalue weighted by Crippen LogP contribution is -2.20. The summed E-state index contributed by atoms with van der Waals surface area (Å²) in [7, 11) is 0. The monoisotopic (exact) mass is 276 g/mol. The SMILES string of the molecule is CCCCCc1cccc(NC(N)=O)c1CCCCC. The van der Waals surface area contributed by atoms with Crippen molar-refractivity contribution in [3.8, 4) is 0 Å². The number of nitrogens with two attached hydrogens (primary N) is 1. The Balaban J connectivity index is 2.85. The predicted octanol–water partition coefficient (Wildman–Crippen LogP) is 4.64. The summed E-state index contributed by atoms with van der Waals surface area (Å²) in [5, 5.41) is 2.77. The van der Waals surface area contributed by atoms with Gasteiger partial charge in [0.1, 0.15) is 0 Å². The van der Waals surface area contributed by atoms with Crippen molar-refractivity contribution in [2.45, 2.75) is 65.2 Å². The highest BCUT2D eigenvalue weighted by atomic mass is 16.2. The number of nitrogens with one attached hydrogen (secondary N) is 1. The first kappa shape index (κ1) is 16.5. The van der Waals surface area contributed by atoms with Gasteiger partial charge in [0.25, 0.3) is 0 Å². The maximum absolute atomic E-state index is 11.1. The minimum Gasteiger partial charge on any atom is -0.351 e. The molecule has 3 nitrogen and oxygen atoms in total. The summed E-state index contributed by atoms with van der Waals surface area (Å²) in [4.78, 5) is 11.1. The molecule has 0 bridgehead atoms. The van der Waals surface area contributed by atoms with Crippen LogP contribution < -0.4 is 11.1 Å². The molecule has 112 valence electrons. The number of benzene rings is 1. The van der Waals surface area contributed by atoms with Crippen molar-refractivity contribution >= 4 is 11.7 Å². The van der Waals surface area contributed by atoms with Gasteiger partial charge in [-0.3, -0.25) is 0 Å². The van der Waals surface area contributed by atoms with Gasteiger partial charge in [-0.15, -0.1) is 0 Å². The van der Waals surface area contributed by atoms with Crippen LogP contribution in [0.25, 0.3) is 0 Å². The van der Waals surface area contributed by atoms with Gasteiger partial charge in [-0.05, 0) is 42.9 Å². The first-order chi connectivity index (χ1) is 9.69. The Hall–Kier alpha value is -1.51. The molecule has 0 aliphatic carbocycles. The third-order valence-corrected chi connectivity index (χ3v) is 3.61. The molecule has 1 aromatic carbocycles. The molecule has 0 saturated carbocycles. The molecule has 3 N–H and O–H groups in total. The summed E-state index contributed by atoms with van der Waals surface area (Å²) in [5.74, 6) is 0. The lowest BCUT2D eigenvalue weighted by Gasteiger charge is -2.15. The van der Waals surface area contributed by atoms with Crippen LogP contribution in [-0.4, -0.2) is 6.03 Å². The first-order valence-corrected chi connectivity index (χ1v) is 7.86. The molecule has 0 atom stereocenters. The molecule has 0 unspecified atom stereocenters. The minimum absolute atomic E-state index is 0.479. The molecule has 2 amide bonds. The van der Waals surface area contributed by atoms with Crippen LogP contribution in [0.4, 0.5) is 10.5 Å². The zero-order chi connectivity index (χ0) is 14.8. The standard InChI is InChI=1S/C17H28N2O/c1-3-5-7-10-14-11-9-13-16(19-17(18)20)15(14)12-8-6-4-2/h9,11,13H,3-8,10,12H2,1-2H3,(H3,18,19,20). The van der Waals surface area contributed by atoms with Crippen LogP contribution in [0.3, 0.4) is 0 Å². The quantitative estimate of drug-likeness (QED) is 0.634. The van der Waals surface area contributed by atoms with E-state index in [1.165, 1.54) is 43.2 Å². The lowest BCUT2D eigenvalue weighted by molar-refractivity contribution is 0.259. The van der Waals surface area contributed by atoms with E-state index in [4.69, 9.17) is 5.73 Å². The average Bonchev–Trinajstić information content (AvgIpc) is 2.41. The largest absolute Gasteiger partial charge is 0.351 e. The van der Waals surface area contributed by atoms with Gasteiger partial charge in [-0.2, -0.15) is 0 Å². The van der Waals surface area contributed by atoms with Crippen LogP contribution in [0.5, 0.6) is 0 Å². The number of carbonyl (C=O) groups is 1. The van der Waals surface area contributed by atoms with Crippen molar-refractivity contribution in [3.63, 3.8) is 0 Å². The number of hydrogen-bond acceptors (Lipinski definition) is 1. The first-order valence-electron chi connectivity index (χ1n) is 7.86. The Morgan fingerprint density at radius 1 is 1.05 bits per heavy atom. The molecule has 0 spiro atoms. The van der Waals surface area contributed by atoms with Crippen molar-refractivity contribution < 1.29 is 4.79 Å². The highest BCUT2D eigenvalue weighted by Gasteiger charge is 2.09. The van der Waals surface area contributed by atoms with Gasteiger partial charge >= 0.3 is 6.03 Å². The van der Waals surface area contributed by atoms with E-state index < -0.39 is 6.03 Å². The van der Waals surface area contributed by atoms with E-state index >= 15 is 0 Å². The average molecular weight is 276 g/mol. The van der Waals surface area contributed by atoms with Gasteiger partial charge in [0.15, 0.2) is 0 Å². The molecular formula is C17H28N2O. The van der Waals surface area contributed by atoms with Gasteiger partial charge in [-0.1, -0.05) is 51.7 Å².